The minimum Gasteiger partial charge on any atom is -0.0973 e. The van der Waals surface area contributed by atoms with Gasteiger partial charge in [0.15, 0.2) is 0 Å². The first-order valence-corrected chi connectivity index (χ1v) is 3.23. The van der Waals surface area contributed by atoms with Gasteiger partial charge in [-0.05, 0) is 11.7 Å². The van der Waals surface area contributed by atoms with Crippen LogP contribution in [0, 0.1) is 0 Å². The zero-order chi connectivity index (χ0) is 3.41. The fourth-order valence-corrected chi connectivity index (χ4v) is 0. The van der Waals surface area contributed by atoms with E-state index in [1.807, 2.05) is 0 Å². The number of rotatable bonds is 0. The fraction of sp³-hybridized carbons (Fsp3) is 0. The number of hydrogen-bond donors (Lipinski definition) is 0. The molecule has 0 aromatic carbocycles. The molecule has 0 aliphatic heterocycles. The molecule has 0 N–H and O–H groups in total. The molecule has 0 saturated heterocycles. The Morgan fingerprint density at radius 2 is 1.25 bits per heavy atom. The van der Waals surface area contributed by atoms with Crippen LogP contribution in [0.5, 0.6) is 0 Å². The van der Waals surface area contributed by atoms with Crippen LogP contribution in [0.1, 0.15) is 0 Å². The van der Waals surface area contributed by atoms with Gasteiger partial charge < -0.3 is 0 Å². The van der Waals surface area contributed by atoms with Crippen molar-refractivity contribution in [3.8, 4) is 0 Å². The first-order valence-electron chi connectivity index (χ1n) is 0.744. The monoisotopic (exact) mass is 92.0 g/mol. The SMILES string of the molecule is C=S=S=C. The third-order valence-electron chi connectivity index (χ3n) is 0.0833. The minimum absolute atomic E-state index is 1.41. The molecule has 0 saturated carbocycles. The van der Waals surface area contributed by atoms with Crippen molar-refractivity contribution in [3.05, 3.63) is 0 Å². The molecule has 0 aliphatic carbocycles. The molecule has 0 heterocycles. The third-order valence-corrected chi connectivity index (χ3v) is 0.750. The highest BCUT2D eigenvalue weighted by Crippen LogP contribution is 1.08. The zero-order valence-corrected chi connectivity index (χ0v) is 3.86. The molecule has 0 bridgehead atoms. The average Bonchev–Trinajstić information content (AvgIpc) is 1.37. The molecule has 0 aromatic heterocycles. The molecule has 4 heavy (non-hydrogen) atoms. The molecule has 0 amide bonds. The van der Waals surface area contributed by atoms with Gasteiger partial charge in [-0.1, -0.05) is 19.8 Å². The molecule has 0 aromatic rings. The van der Waals surface area contributed by atoms with Crippen molar-refractivity contribution >= 4 is 31.6 Å². The van der Waals surface area contributed by atoms with E-state index in [0.717, 1.165) is 0 Å². The molecule has 0 radical (unpaired) electrons. The Morgan fingerprint density at radius 3 is 1.25 bits per heavy atom. The van der Waals surface area contributed by atoms with Crippen LogP contribution in [-0.4, -0.2) is 11.7 Å². The van der Waals surface area contributed by atoms with Crippen molar-refractivity contribution < 1.29 is 0 Å². The second-order valence-electron chi connectivity index (χ2n) is 0.236. The lowest BCUT2D eigenvalue weighted by Gasteiger charge is -1.22. The summed E-state index contributed by atoms with van der Waals surface area (Å²) in [5, 5.41) is 0. The van der Waals surface area contributed by atoms with Gasteiger partial charge in [0, 0.05) is 0 Å². The third kappa shape index (κ3) is 2.18. The minimum atomic E-state index is 1.41. The number of hydrogen-bond acceptors (Lipinski definition) is 0. The van der Waals surface area contributed by atoms with Crippen LogP contribution in [0.15, 0.2) is 0 Å². The maximum Gasteiger partial charge on any atom is -0.0351 e. The van der Waals surface area contributed by atoms with E-state index in [0.29, 0.717) is 0 Å². The van der Waals surface area contributed by atoms with Gasteiger partial charge >= 0.3 is 0 Å². The standard InChI is InChI=1S/C2H4S2/c1-3-4-2/h1-2H2. The van der Waals surface area contributed by atoms with Gasteiger partial charge in [0.05, 0.1) is 0 Å². The van der Waals surface area contributed by atoms with Gasteiger partial charge in [0.25, 0.3) is 0 Å². The van der Waals surface area contributed by atoms with Crippen LogP contribution in [0.2, 0.25) is 0 Å². The molecule has 24 valence electrons. The van der Waals surface area contributed by atoms with E-state index in [-0.39, 0.29) is 0 Å². The topological polar surface area (TPSA) is 0 Å². The summed E-state index contributed by atoms with van der Waals surface area (Å²) in [6.45, 7) is 0. The second-order valence-corrected chi connectivity index (χ2v) is 2.12. The molecule has 0 spiro atoms. The van der Waals surface area contributed by atoms with Crippen molar-refractivity contribution in [1.29, 1.82) is 0 Å². The van der Waals surface area contributed by atoms with Crippen LogP contribution >= 0.6 is 0 Å². The Balaban J connectivity index is 3.95. The van der Waals surface area contributed by atoms with Gasteiger partial charge in [0.2, 0.25) is 0 Å². The van der Waals surface area contributed by atoms with Crippen LogP contribution in [0.3, 0.4) is 0 Å². The summed E-state index contributed by atoms with van der Waals surface area (Å²) < 4.78 is 0. The van der Waals surface area contributed by atoms with Crippen molar-refractivity contribution in [3.63, 3.8) is 0 Å². The van der Waals surface area contributed by atoms with E-state index in [1.165, 1.54) is 19.8 Å². The predicted molar refractivity (Wildman–Crippen MR) is 29.0 cm³/mol. The molecule has 0 nitrogen and oxygen atoms in total. The first-order chi connectivity index (χ1) is 1.91. The van der Waals surface area contributed by atoms with E-state index in [1.54, 1.807) is 0 Å². The smallest absolute Gasteiger partial charge is 0.0351 e. The Kier molecular flexibility index (Phi) is 3.32. The van der Waals surface area contributed by atoms with Crippen LogP contribution in [0.25, 0.3) is 0 Å². The van der Waals surface area contributed by atoms with E-state index < -0.39 is 0 Å². The van der Waals surface area contributed by atoms with Crippen LogP contribution in [-0.2, 0) is 19.8 Å². The Labute approximate surface area is 32.2 Å². The lowest BCUT2D eigenvalue weighted by atomic mass is 12.0. The highest BCUT2D eigenvalue weighted by molar-refractivity contribution is 8.23. The molecular weight excluding hydrogens is 88.2 g/mol. The normalized spacial score (nSPS) is 5.00. The summed E-state index contributed by atoms with van der Waals surface area (Å²) in [6, 6.07) is 0. The lowest BCUT2D eigenvalue weighted by molar-refractivity contribution is 4.75. The highest BCUT2D eigenvalue weighted by Gasteiger charge is 1.07. The van der Waals surface area contributed by atoms with Gasteiger partial charge in [0.1, 0.15) is 0 Å². The summed E-state index contributed by atoms with van der Waals surface area (Å²) in [5.74, 6) is 6.84. The van der Waals surface area contributed by atoms with Crippen molar-refractivity contribution in [2.75, 3.05) is 0 Å². The molecule has 0 rings (SSSR count). The fourth-order valence-electron chi connectivity index (χ4n) is 0. The van der Waals surface area contributed by atoms with Gasteiger partial charge in [-0.3, -0.25) is 0 Å². The summed E-state index contributed by atoms with van der Waals surface area (Å²) in [5.41, 5.74) is 0. The summed E-state index contributed by atoms with van der Waals surface area (Å²) >= 11 is 0. The van der Waals surface area contributed by atoms with Gasteiger partial charge in [-0.15, -0.1) is 0 Å². The van der Waals surface area contributed by atoms with E-state index in [2.05, 4.69) is 11.7 Å². The maximum atomic E-state index is 3.42. The van der Waals surface area contributed by atoms with Crippen molar-refractivity contribution in [1.82, 2.24) is 0 Å². The van der Waals surface area contributed by atoms with Gasteiger partial charge in [-0.2, -0.15) is 0 Å². The molecule has 0 aliphatic rings. The predicted octanol–water partition coefficient (Wildman–Crippen LogP) is -0.0694. The maximum absolute atomic E-state index is 3.42. The molecule has 0 atom stereocenters. The van der Waals surface area contributed by atoms with E-state index in [4.69, 9.17) is 0 Å². The Morgan fingerprint density at radius 1 is 1.00 bits per heavy atom. The van der Waals surface area contributed by atoms with Crippen molar-refractivity contribution in [2.45, 2.75) is 0 Å². The van der Waals surface area contributed by atoms with E-state index in [9.17, 15) is 0 Å². The summed E-state index contributed by atoms with van der Waals surface area (Å²) in [4.78, 5) is 0. The average molecular weight is 92.2 g/mol. The quantitative estimate of drug-likeness (QED) is 0.367. The first kappa shape index (κ1) is 4.18. The Hall–Kier alpha value is 0.180. The van der Waals surface area contributed by atoms with Gasteiger partial charge in [-0.25, -0.2) is 0 Å². The zero-order valence-electron chi connectivity index (χ0n) is 2.23. The lowest BCUT2D eigenvalue weighted by Crippen LogP contribution is -1.23. The summed E-state index contributed by atoms with van der Waals surface area (Å²) in [7, 11) is 2.82. The molecule has 0 unspecified atom stereocenters. The van der Waals surface area contributed by atoms with Crippen LogP contribution < -0.4 is 0 Å². The van der Waals surface area contributed by atoms with Crippen LogP contribution in [0.4, 0.5) is 0 Å². The highest BCUT2D eigenvalue weighted by atomic mass is 32.8. The largest absolute Gasteiger partial charge is 0.0973 e. The second kappa shape index (κ2) is 3.18. The molecule has 0 fully saturated rings. The van der Waals surface area contributed by atoms with E-state index >= 15 is 0 Å². The summed E-state index contributed by atoms with van der Waals surface area (Å²) in [6.07, 6.45) is 0. The van der Waals surface area contributed by atoms with Crippen molar-refractivity contribution in [2.24, 2.45) is 0 Å². The molecule has 2 heteroatoms. The molecular formula is C2H4S2. The Bertz CT molecular complexity index is 54.1.